The summed E-state index contributed by atoms with van der Waals surface area (Å²) in [6.07, 6.45) is 2.13. The van der Waals surface area contributed by atoms with Crippen LogP contribution in [0, 0.1) is 11.3 Å². The van der Waals surface area contributed by atoms with E-state index < -0.39 is 0 Å². The first-order valence-electron chi connectivity index (χ1n) is 6.06. The van der Waals surface area contributed by atoms with Crippen LogP contribution in [0.15, 0.2) is 24.3 Å². The van der Waals surface area contributed by atoms with Crippen LogP contribution in [0.5, 0.6) is 0 Å². The van der Waals surface area contributed by atoms with Gasteiger partial charge in [-0.25, -0.2) is 0 Å². The number of carbonyl (C=O) groups excluding carboxylic acids is 1. The molecule has 1 aliphatic rings. The highest BCUT2D eigenvalue weighted by Crippen LogP contribution is 2.28. The average Bonchev–Trinajstić information content (AvgIpc) is 3.23. The second kappa shape index (κ2) is 5.65. The van der Waals surface area contributed by atoms with Gasteiger partial charge in [-0.3, -0.25) is 4.79 Å². The van der Waals surface area contributed by atoms with Gasteiger partial charge in [0.05, 0.1) is 18.2 Å². The van der Waals surface area contributed by atoms with Gasteiger partial charge in [-0.1, -0.05) is 6.07 Å². The van der Waals surface area contributed by atoms with Crippen molar-refractivity contribution in [3.05, 3.63) is 35.4 Å². The molecule has 94 valence electrons. The van der Waals surface area contributed by atoms with Gasteiger partial charge >= 0.3 is 0 Å². The Kier molecular flexibility index (Phi) is 3.96. The summed E-state index contributed by atoms with van der Waals surface area (Å²) < 4.78 is 5.03. The minimum absolute atomic E-state index is 0.00773. The lowest BCUT2D eigenvalue weighted by Gasteiger charge is -2.22. The molecule has 1 amide bonds. The van der Waals surface area contributed by atoms with Crippen molar-refractivity contribution in [2.45, 2.75) is 18.9 Å². The molecule has 0 aromatic heterocycles. The monoisotopic (exact) mass is 244 g/mol. The molecule has 0 spiro atoms. The van der Waals surface area contributed by atoms with Gasteiger partial charge in [0, 0.05) is 25.3 Å². The van der Waals surface area contributed by atoms with Crippen molar-refractivity contribution in [3.8, 4) is 6.07 Å². The molecule has 1 fully saturated rings. The van der Waals surface area contributed by atoms with Crippen LogP contribution >= 0.6 is 0 Å². The van der Waals surface area contributed by atoms with E-state index >= 15 is 0 Å². The lowest BCUT2D eigenvalue weighted by atomic mass is 10.1. The highest BCUT2D eigenvalue weighted by molar-refractivity contribution is 5.95. The van der Waals surface area contributed by atoms with Gasteiger partial charge in [0.25, 0.3) is 5.91 Å². The number of carbonyl (C=O) groups is 1. The van der Waals surface area contributed by atoms with Crippen molar-refractivity contribution in [1.29, 1.82) is 5.26 Å². The van der Waals surface area contributed by atoms with Gasteiger partial charge < -0.3 is 9.64 Å². The van der Waals surface area contributed by atoms with Gasteiger partial charge in [0.2, 0.25) is 0 Å². The van der Waals surface area contributed by atoms with Crippen LogP contribution in [0.25, 0.3) is 0 Å². The molecule has 0 N–H and O–H groups in total. The molecule has 0 heterocycles. The number of hydrogen-bond acceptors (Lipinski definition) is 3. The van der Waals surface area contributed by atoms with E-state index in [-0.39, 0.29) is 5.91 Å². The molecule has 2 rings (SSSR count). The highest BCUT2D eigenvalue weighted by Gasteiger charge is 2.32. The number of methoxy groups -OCH3 is 1. The normalized spacial score (nSPS) is 14.0. The first-order valence-corrected chi connectivity index (χ1v) is 6.06. The second-order valence-electron chi connectivity index (χ2n) is 4.42. The van der Waals surface area contributed by atoms with Gasteiger partial charge in [-0.05, 0) is 31.0 Å². The molecular weight excluding hydrogens is 228 g/mol. The van der Waals surface area contributed by atoms with Crippen LogP contribution in [0.3, 0.4) is 0 Å². The highest BCUT2D eigenvalue weighted by atomic mass is 16.5. The number of hydrogen-bond donors (Lipinski definition) is 0. The van der Waals surface area contributed by atoms with E-state index in [9.17, 15) is 4.79 Å². The summed E-state index contributed by atoms with van der Waals surface area (Å²) in [5.41, 5.74) is 1.10. The molecule has 0 atom stereocenters. The second-order valence-corrected chi connectivity index (χ2v) is 4.42. The first-order chi connectivity index (χ1) is 8.76. The number of nitriles is 1. The topological polar surface area (TPSA) is 53.3 Å². The third-order valence-electron chi connectivity index (χ3n) is 3.02. The van der Waals surface area contributed by atoms with Gasteiger partial charge in [0.1, 0.15) is 0 Å². The minimum Gasteiger partial charge on any atom is -0.383 e. The van der Waals surface area contributed by atoms with E-state index in [1.54, 1.807) is 31.4 Å². The fourth-order valence-corrected chi connectivity index (χ4v) is 1.91. The van der Waals surface area contributed by atoms with Crippen LogP contribution in [0.1, 0.15) is 28.8 Å². The zero-order chi connectivity index (χ0) is 13.0. The molecule has 0 bridgehead atoms. The Balaban J connectivity index is 2.14. The Morgan fingerprint density at radius 2 is 2.33 bits per heavy atom. The van der Waals surface area contributed by atoms with Crippen molar-refractivity contribution in [3.63, 3.8) is 0 Å². The zero-order valence-electron chi connectivity index (χ0n) is 10.4. The summed E-state index contributed by atoms with van der Waals surface area (Å²) in [6, 6.07) is 9.24. The summed E-state index contributed by atoms with van der Waals surface area (Å²) in [7, 11) is 1.63. The van der Waals surface area contributed by atoms with Crippen molar-refractivity contribution < 1.29 is 9.53 Å². The average molecular weight is 244 g/mol. The third kappa shape index (κ3) is 2.88. The predicted molar refractivity (Wildman–Crippen MR) is 67.1 cm³/mol. The number of nitrogens with zero attached hydrogens (tertiary/aromatic N) is 2. The first kappa shape index (κ1) is 12.6. The quantitative estimate of drug-likeness (QED) is 0.793. The molecule has 4 nitrogen and oxygen atoms in total. The Bertz CT molecular complexity index is 475. The van der Waals surface area contributed by atoms with Crippen LogP contribution in [-0.4, -0.2) is 37.1 Å². The molecule has 1 aromatic rings. The number of rotatable bonds is 5. The third-order valence-corrected chi connectivity index (χ3v) is 3.02. The van der Waals surface area contributed by atoms with E-state index in [2.05, 4.69) is 6.07 Å². The smallest absolute Gasteiger partial charge is 0.254 e. The van der Waals surface area contributed by atoms with Crippen LogP contribution in [0.2, 0.25) is 0 Å². The van der Waals surface area contributed by atoms with Crippen molar-refractivity contribution in [2.75, 3.05) is 20.3 Å². The summed E-state index contributed by atoms with van der Waals surface area (Å²) in [4.78, 5) is 14.2. The summed E-state index contributed by atoms with van der Waals surface area (Å²) in [5.74, 6) is -0.00773. The maximum Gasteiger partial charge on any atom is 0.254 e. The Hall–Kier alpha value is -1.86. The van der Waals surface area contributed by atoms with Crippen LogP contribution in [-0.2, 0) is 4.74 Å². The summed E-state index contributed by atoms with van der Waals surface area (Å²) >= 11 is 0. The molecule has 0 radical (unpaired) electrons. The molecule has 0 aliphatic heterocycles. The summed E-state index contributed by atoms with van der Waals surface area (Å²) in [5, 5.41) is 8.85. The molecule has 1 aliphatic carbocycles. The molecule has 4 heteroatoms. The lowest BCUT2D eigenvalue weighted by molar-refractivity contribution is 0.0680. The predicted octanol–water partition coefficient (Wildman–Crippen LogP) is 1.81. The largest absolute Gasteiger partial charge is 0.383 e. The van der Waals surface area contributed by atoms with Gasteiger partial charge in [-0.15, -0.1) is 0 Å². The Labute approximate surface area is 107 Å². The Morgan fingerprint density at radius 3 is 2.94 bits per heavy atom. The standard InChI is InChI=1S/C14H16N2O2/c1-18-8-7-16(13-5-6-13)14(17)12-4-2-3-11(9-12)10-15/h2-4,9,13H,5-8H2,1H3. The molecule has 1 aromatic carbocycles. The maximum atomic E-state index is 12.4. The van der Waals surface area contributed by atoms with E-state index in [4.69, 9.17) is 10.00 Å². The van der Waals surface area contributed by atoms with Crippen molar-refractivity contribution in [1.82, 2.24) is 4.90 Å². The molecule has 18 heavy (non-hydrogen) atoms. The SMILES string of the molecule is COCCN(C(=O)c1cccc(C#N)c1)C1CC1. The fourth-order valence-electron chi connectivity index (χ4n) is 1.91. The van der Waals surface area contributed by atoms with Crippen molar-refractivity contribution >= 4 is 5.91 Å². The maximum absolute atomic E-state index is 12.4. The molecule has 0 unspecified atom stereocenters. The van der Waals surface area contributed by atoms with E-state index in [1.807, 2.05) is 4.90 Å². The zero-order valence-corrected chi connectivity index (χ0v) is 10.4. The molecule has 1 saturated carbocycles. The number of benzene rings is 1. The minimum atomic E-state index is -0.00773. The Morgan fingerprint density at radius 1 is 1.56 bits per heavy atom. The fraction of sp³-hybridized carbons (Fsp3) is 0.429. The lowest BCUT2D eigenvalue weighted by Crippen LogP contribution is -2.35. The summed E-state index contributed by atoms with van der Waals surface area (Å²) in [6.45, 7) is 1.15. The van der Waals surface area contributed by atoms with Crippen molar-refractivity contribution in [2.24, 2.45) is 0 Å². The number of ether oxygens (including phenoxy) is 1. The van der Waals surface area contributed by atoms with Crippen LogP contribution in [0.4, 0.5) is 0 Å². The molecule has 0 saturated heterocycles. The van der Waals surface area contributed by atoms with Gasteiger partial charge in [0.15, 0.2) is 0 Å². The number of amides is 1. The molecular formula is C14H16N2O2. The van der Waals surface area contributed by atoms with Gasteiger partial charge in [-0.2, -0.15) is 5.26 Å². The van der Waals surface area contributed by atoms with E-state index in [1.165, 1.54) is 0 Å². The van der Waals surface area contributed by atoms with E-state index in [0.717, 1.165) is 12.8 Å². The van der Waals surface area contributed by atoms with E-state index in [0.29, 0.717) is 30.3 Å². The van der Waals surface area contributed by atoms with Crippen LogP contribution < -0.4 is 0 Å².